The summed E-state index contributed by atoms with van der Waals surface area (Å²) in [6.07, 6.45) is 1.62. The Morgan fingerprint density at radius 3 is 2.72 bits per heavy atom. The van der Waals surface area contributed by atoms with Gasteiger partial charge in [0.15, 0.2) is 11.6 Å². The topological polar surface area (TPSA) is 67.8 Å². The lowest BCUT2D eigenvalue weighted by molar-refractivity contribution is 0.580. The van der Waals surface area contributed by atoms with Gasteiger partial charge in [-0.2, -0.15) is 5.10 Å². The quantitative estimate of drug-likeness (QED) is 0.759. The highest BCUT2D eigenvalue weighted by atomic mass is 79.9. The molecule has 1 aromatic carbocycles. The number of H-pyrrole nitrogens is 1. The molecule has 3 rings (SSSR count). The molecule has 0 unspecified atom stereocenters. The maximum Gasteiger partial charge on any atom is 0.153 e. The van der Waals surface area contributed by atoms with Gasteiger partial charge >= 0.3 is 0 Å². The monoisotopic (exact) mass is 303 g/mol. The predicted octanol–water partition coefficient (Wildman–Crippen LogP) is 3.68. The molecule has 0 radical (unpaired) electrons. The highest BCUT2D eigenvalue weighted by Gasteiger charge is 2.18. The van der Waals surface area contributed by atoms with Crippen LogP contribution in [0.5, 0.6) is 0 Å². The van der Waals surface area contributed by atoms with Gasteiger partial charge in [-0.05, 0) is 18.2 Å². The maximum atomic E-state index is 5.94. The van der Waals surface area contributed by atoms with Gasteiger partial charge in [-0.25, -0.2) is 0 Å². The lowest BCUT2D eigenvalue weighted by atomic mass is 10.0. The van der Waals surface area contributed by atoms with Crippen molar-refractivity contribution in [3.05, 3.63) is 47.1 Å². The van der Waals surface area contributed by atoms with Crippen LogP contribution in [-0.4, -0.2) is 10.2 Å². The summed E-state index contributed by atoms with van der Waals surface area (Å²) in [6.45, 7) is 0. The molecule has 0 aliphatic carbocycles. The van der Waals surface area contributed by atoms with E-state index in [1.807, 2.05) is 36.4 Å². The summed E-state index contributed by atoms with van der Waals surface area (Å²) in [7, 11) is 0. The van der Waals surface area contributed by atoms with Crippen molar-refractivity contribution in [3.63, 3.8) is 0 Å². The molecule has 0 saturated carbocycles. The van der Waals surface area contributed by atoms with E-state index >= 15 is 0 Å². The molecule has 18 heavy (non-hydrogen) atoms. The lowest BCUT2D eigenvalue weighted by Crippen LogP contribution is -1.89. The number of aromatic amines is 1. The number of aromatic nitrogens is 2. The highest BCUT2D eigenvalue weighted by molar-refractivity contribution is 9.10. The van der Waals surface area contributed by atoms with E-state index in [-0.39, 0.29) is 0 Å². The minimum Gasteiger partial charge on any atom is -0.463 e. The molecular formula is C13H10BrN3O. The first kappa shape index (κ1) is 11.1. The van der Waals surface area contributed by atoms with Crippen LogP contribution in [0.3, 0.4) is 0 Å². The van der Waals surface area contributed by atoms with Crippen LogP contribution in [0.2, 0.25) is 0 Å². The molecule has 3 N–H and O–H groups in total. The number of anilines is 1. The van der Waals surface area contributed by atoms with Gasteiger partial charge in [-0.1, -0.05) is 34.1 Å². The second kappa shape index (κ2) is 4.34. The van der Waals surface area contributed by atoms with E-state index in [9.17, 15) is 0 Å². The summed E-state index contributed by atoms with van der Waals surface area (Å²) >= 11 is 3.52. The zero-order chi connectivity index (χ0) is 12.5. The van der Waals surface area contributed by atoms with Crippen molar-refractivity contribution in [2.75, 3.05) is 5.73 Å². The first-order chi connectivity index (χ1) is 8.77. The van der Waals surface area contributed by atoms with Crippen LogP contribution in [0, 0.1) is 0 Å². The molecule has 90 valence electrons. The number of nitrogen functional groups attached to an aromatic ring is 1. The van der Waals surface area contributed by atoms with Crippen molar-refractivity contribution in [2.24, 2.45) is 0 Å². The Hall–Kier alpha value is -2.01. The van der Waals surface area contributed by atoms with Gasteiger partial charge < -0.3 is 10.2 Å². The fraction of sp³-hybridized carbons (Fsp3) is 0. The maximum absolute atomic E-state index is 5.94. The van der Waals surface area contributed by atoms with E-state index in [1.165, 1.54) is 0 Å². The van der Waals surface area contributed by atoms with E-state index < -0.39 is 0 Å². The average molecular weight is 304 g/mol. The van der Waals surface area contributed by atoms with E-state index in [1.54, 1.807) is 6.26 Å². The van der Waals surface area contributed by atoms with Crippen molar-refractivity contribution in [1.29, 1.82) is 0 Å². The summed E-state index contributed by atoms with van der Waals surface area (Å²) in [6, 6.07) is 11.6. The number of hydrogen-bond acceptors (Lipinski definition) is 3. The largest absolute Gasteiger partial charge is 0.463 e. The average Bonchev–Trinajstić information content (AvgIpc) is 2.99. The molecule has 0 bridgehead atoms. The Balaban J connectivity index is 2.24. The molecule has 3 aromatic rings. The summed E-state index contributed by atoms with van der Waals surface area (Å²) < 4.78 is 6.36. The van der Waals surface area contributed by atoms with Crippen molar-refractivity contribution >= 4 is 21.7 Å². The van der Waals surface area contributed by atoms with Crippen LogP contribution in [0.25, 0.3) is 22.6 Å². The number of hydrogen-bond donors (Lipinski definition) is 2. The summed E-state index contributed by atoms with van der Waals surface area (Å²) in [5, 5.41) is 6.97. The zero-order valence-corrected chi connectivity index (χ0v) is 10.9. The standard InChI is InChI=1S/C13H10BrN3O/c14-9-5-2-1-4-8(9)11-12(16-17-13(11)15)10-6-3-7-18-10/h1-7H,(H3,15,16,17). The Kier molecular flexibility index (Phi) is 2.68. The first-order valence-corrected chi connectivity index (χ1v) is 6.19. The number of nitrogens with one attached hydrogen (secondary N) is 1. The number of halogens is 1. The van der Waals surface area contributed by atoms with Crippen LogP contribution < -0.4 is 5.73 Å². The fourth-order valence-corrected chi connectivity index (χ4v) is 2.37. The van der Waals surface area contributed by atoms with Crippen molar-refractivity contribution in [3.8, 4) is 22.6 Å². The number of nitrogens with zero attached hydrogens (tertiary/aromatic N) is 1. The van der Waals surface area contributed by atoms with E-state index in [0.717, 1.165) is 21.3 Å². The molecule has 0 fully saturated rings. The Morgan fingerprint density at radius 2 is 2.00 bits per heavy atom. The zero-order valence-electron chi connectivity index (χ0n) is 9.35. The Bertz CT molecular complexity index is 673. The summed E-state index contributed by atoms with van der Waals surface area (Å²) in [5.74, 6) is 1.17. The molecule has 0 aliphatic heterocycles. The third-order valence-electron chi connectivity index (χ3n) is 2.71. The normalized spacial score (nSPS) is 10.7. The van der Waals surface area contributed by atoms with Crippen molar-refractivity contribution < 1.29 is 4.42 Å². The molecule has 0 aliphatic rings. The van der Waals surface area contributed by atoms with Gasteiger partial charge in [0, 0.05) is 10.0 Å². The molecule has 0 saturated heterocycles. The van der Waals surface area contributed by atoms with Gasteiger partial charge in [-0.3, -0.25) is 5.10 Å². The van der Waals surface area contributed by atoms with Crippen LogP contribution in [0.1, 0.15) is 0 Å². The Labute approximate surface area is 112 Å². The minimum atomic E-state index is 0.452. The highest BCUT2D eigenvalue weighted by Crippen LogP contribution is 2.38. The molecule has 0 amide bonds. The Morgan fingerprint density at radius 1 is 1.17 bits per heavy atom. The number of nitrogens with two attached hydrogens (primary N) is 1. The van der Waals surface area contributed by atoms with E-state index in [2.05, 4.69) is 26.1 Å². The molecule has 0 spiro atoms. The van der Waals surface area contributed by atoms with Gasteiger partial charge in [0.1, 0.15) is 5.69 Å². The molecular weight excluding hydrogens is 294 g/mol. The number of benzene rings is 1. The SMILES string of the molecule is Nc1n[nH]c(-c2ccco2)c1-c1ccccc1Br. The van der Waals surface area contributed by atoms with Crippen LogP contribution in [0.15, 0.2) is 51.6 Å². The summed E-state index contributed by atoms with van der Waals surface area (Å²) in [5.41, 5.74) is 8.55. The van der Waals surface area contributed by atoms with Crippen molar-refractivity contribution in [1.82, 2.24) is 10.2 Å². The predicted molar refractivity (Wildman–Crippen MR) is 73.8 cm³/mol. The first-order valence-electron chi connectivity index (χ1n) is 5.40. The molecule has 4 nitrogen and oxygen atoms in total. The number of rotatable bonds is 2. The van der Waals surface area contributed by atoms with Gasteiger partial charge in [0.25, 0.3) is 0 Å². The second-order valence-electron chi connectivity index (χ2n) is 3.82. The smallest absolute Gasteiger partial charge is 0.153 e. The van der Waals surface area contributed by atoms with Gasteiger partial charge in [0.05, 0.1) is 11.8 Å². The van der Waals surface area contributed by atoms with Gasteiger partial charge in [-0.15, -0.1) is 0 Å². The second-order valence-corrected chi connectivity index (χ2v) is 4.67. The van der Waals surface area contributed by atoms with E-state index in [4.69, 9.17) is 10.2 Å². The molecule has 2 heterocycles. The van der Waals surface area contributed by atoms with Crippen LogP contribution >= 0.6 is 15.9 Å². The van der Waals surface area contributed by atoms with Crippen LogP contribution in [0.4, 0.5) is 5.82 Å². The lowest BCUT2D eigenvalue weighted by Gasteiger charge is -2.04. The minimum absolute atomic E-state index is 0.452. The third kappa shape index (κ3) is 1.73. The third-order valence-corrected chi connectivity index (χ3v) is 3.40. The molecule has 5 heteroatoms. The summed E-state index contributed by atoms with van der Waals surface area (Å²) in [4.78, 5) is 0. The molecule has 0 atom stereocenters. The fourth-order valence-electron chi connectivity index (χ4n) is 1.89. The van der Waals surface area contributed by atoms with Crippen molar-refractivity contribution in [2.45, 2.75) is 0 Å². The van der Waals surface area contributed by atoms with Crippen LogP contribution in [-0.2, 0) is 0 Å². The molecule has 2 aromatic heterocycles. The van der Waals surface area contributed by atoms with Gasteiger partial charge in [0.2, 0.25) is 0 Å². The van der Waals surface area contributed by atoms with E-state index in [0.29, 0.717) is 11.6 Å². The number of furan rings is 1.